The lowest BCUT2D eigenvalue weighted by Crippen LogP contribution is -2.56. The van der Waals surface area contributed by atoms with E-state index in [1.54, 1.807) is 38.1 Å². The summed E-state index contributed by atoms with van der Waals surface area (Å²) in [5.74, 6) is -1.74. The van der Waals surface area contributed by atoms with Crippen molar-refractivity contribution in [3.8, 4) is 0 Å². The van der Waals surface area contributed by atoms with Crippen molar-refractivity contribution in [3.05, 3.63) is 41.6 Å². The number of anilines is 1. The molecule has 0 aromatic heterocycles. The maximum Gasteiger partial charge on any atom is 0.337 e. The lowest BCUT2D eigenvalue weighted by atomic mass is 10.1. The first-order chi connectivity index (χ1) is 11.9. The molecule has 1 fully saturated rings. The molecule has 1 aromatic rings. The number of nitrogens with one attached hydrogen (secondary N) is 1. The molecule has 0 atom stereocenters. The van der Waals surface area contributed by atoms with Gasteiger partial charge in [0.1, 0.15) is 5.57 Å². The molecule has 0 aliphatic carbocycles. The Labute approximate surface area is 145 Å². The van der Waals surface area contributed by atoms with E-state index in [1.807, 2.05) is 0 Å². The molecule has 8 nitrogen and oxygen atoms in total. The number of hydrogen-bond donors (Lipinski definition) is 1. The second-order valence-corrected chi connectivity index (χ2v) is 5.15. The Balaban J connectivity index is 2.23. The first-order valence-electron chi connectivity index (χ1n) is 7.77. The molecule has 132 valence electrons. The second kappa shape index (κ2) is 7.61. The van der Waals surface area contributed by atoms with Crippen LogP contribution in [0, 0.1) is 0 Å². The minimum absolute atomic E-state index is 0.125. The third-order valence-electron chi connectivity index (χ3n) is 3.73. The standard InChI is InChI=1S/C17H19N3O5/c1-4-19-14(21)13(15(22)20(5-2)17(19)24)10-18-12-8-6-11(7-9-12)16(23)25-3/h6-10,18H,4-5H2,1-3H3. The summed E-state index contributed by atoms with van der Waals surface area (Å²) in [7, 11) is 1.29. The lowest BCUT2D eigenvalue weighted by Gasteiger charge is -2.32. The number of hydrogen-bond acceptors (Lipinski definition) is 6. The van der Waals surface area contributed by atoms with Gasteiger partial charge < -0.3 is 10.1 Å². The van der Waals surface area contributed by atoms with Gasteiger partial charge in [0.15, 0.2) is 0 Å². The van der Waals surface area contributed by atoms with E-state index >= 15 is 0 Å². The number of methoxy groups -OCH3 is 1. The molecule has 1 saturated heterocycles. The molecule has 0 radical (unpaired) electrons. The lowest BCUT2D eigenvalue weighted by molar-refractivity contribution is -0.135. The number of esters is 1. The summed E-state index contributed by atoms with van der Waals surface area (Å²) in [4.78, 5) is 50.2. The first kappa shape index (κ1) is 18.2. The van der Waals surface area contributed by atoms with Gasteiger partial charge in [0, 0.05) is 25.0 Å². The van der Waals surface area contributed by atoms with Crippen LogP contribution in [0.2, 0.25) is 0 Å². The largest absolute Gasteiger partial charge is 0.465 e. The van der Waals surface area contributed by atoms with Crippen LogP contribution in [0.4, 0.5) is 10.5 Å². The van der Waals surface area contributed by atoms with Crippen molar-refractivity contribution in [3.63, 3.8) is 0 Å². The molecule has 4 amide bonds. The molecular formula is C17H19N3O5. The summed E-state index contributed by atoms with van der Waals surface area (Å²) in [6.45, 7) is 3.67. The highest BCUT2D eigenvalue weighted by molar-refractivity contribution is 6.28. The van der Waals surface area contributed by atoms with Crippen molar-refractivity contribution in [2.45, 2.75) is 13.8 Å². The van der Waals surface area contributed by atoms with Crippen molar-refractivity contribution >= 4 is 29.5 Å². The number of carbonyl (C=O) groups is 4. The number of urea groups is 1. The number of benzene rings is 1. The van der Waals surface area contributed by atoms with Gasteiger partial charge in [0.2, 0.25) is 0 Å². The summed E-state index contributed by atoms with van der Waals surface area (Å²) >= 11 is 0. The van der Waals surface area contributed by atoms with Gasteiger partial charge in [-0.1, -0.05) is 0 Å². The van der Waals surface area contributed by atoms with Gasteiger partial charge >= 0.3 is 12.0 Å². The zero-order valence-corrected chi connectivity index (χ0v) is 14.2. The quantitative estimate of drug-likeness (QED) is 0.495. The SMILES string of the molecule is CCN1C(=O)C(=CNc2ccc(C(=O)OC)cc2)C(=O)N(CC)C1=O. The fraction of sp³-hybridized carbons (Fsp3) is 0.294. The number of nitrogens with zero attached hydrogens (tertiary/aromatic N) is 2. The minimum atomic E-state index is -0.638. The van der Waals surface area contributed by atoms with Gasteiger partial charge in [-0.25, -0.2) is 9.59 Å². The van der Waals surface area contributed by atoms with Crippen LogP contribution in [0.25, 0.3) is 0 Å². The summed E-state index contributed by atoms with van der Waals surface area (Å²) in [5.41, 5.74) is 0.828. The van der Waals surface area contributed by atoms with Crippen molar-refractivity contribution in [1.82, 2.24) is 9.80 Å². The van der Waals surface area contributed by atoms with Gasteiger partial charge in [-0.15, -0.1) is 0 Å². The molecule has 0 bridgehead atoms. The smallest absolute Gasteiger partial charge is 0.337 e. The fourth-order valence-electron chi connectivity index (χ4n) is 2.36. The van der Waals surface area contributed by atoms with Crippen LogP contribution >= 0.6 is 0 Å². The molecule has 1 aromatic carbocycles. The highest BCUT2D eigenvalue weighted by atomic mass is 16.5. The number of amides is 4. The van der Waals surface area contributed by atoms with Crippen LogP contribution in [0.15, 0.2) is 36.0 Å². The molecule has 0 spiro atoms. The highest BCUT2D eigenvalue weighted by Crippen LogP contribution is 2.18. The van der Waals surface area contributed by atoms with Gasteiger partial charge in [0.25, 0.3) is 11.8 Å². The van der Waals surface area contributed by atoms with E-state index in [9.17, 15) is 19.2 Å². The van der Waals surface area contributed by atoms with Crippen molar-refractivity contribution in [2.24, 2.45) is 0 Å². The molecule has 2 rings (SSSR count). The van der Waals surface area contributed by atoms with Crippen molar-refractivity contribution in [1.29, 1.82) is 0 Å². The van der Waals surface area contributed by atoms with Crippen molar-refractivity contribution < 1.29 is 23.9 Å². The Kier molecular flexibility index (Phi) is 5.53. The van der Waals surface area contributed by atoms with Gasteiger partial charge in [-0.05, 0) is 38.1 Å². The average molecular weight is 345 g/mol. The van der Waals surface area contributed by atoms with E-state index < -0.39 is 23.8 Å². The monoisotopic (exact) mass is 345 g/mol. The van der Waals surface area contributed by atoms with Gasteiger partial charge in [-0.2, -0.15) is 0 Å². The number of barbiturate groups is 1. The number of likely N-dealkylation sites (N-methyl/N-ethyl adjacent to an activating group) is 2. The Hall–Kier alpha value is -3.16. The zero-order valence-electron chi connectivity index (χ0n) is 14.2. The normalized spacial score (nSPS) is 14.7. The molecule has 0 saturated carbocycles. The molecule has 1 N–H and O–H groups in total. The van der Waals surface area contributed by atoms with Crippen LogP contribution in [-0.2, 0) is 14.3 Å². The van der Waals surface area contributed by atoms with E-state index in [1.165, 1.54) is 13.3 Å². The Bertz CT molecular complexity index is 711. The van der Waals surface area contributed by atoms with Crippen LogP contribution < -0.4 is 5.32 Å². The van der Waals surface area contributed by atoms with Crippen LogP contribution in [-0.4, -0.2) is 53.8 Å². The fourth-order valence-corrected chi connectivity index (χ4v) is 2.36. The molecule has 1 aliphatic rings. The van der Waals surface area contributed by atoms with E-state index in [2.05, 4.69) is 10.1 Å². The van der Waals surface area contributed by atoms with E-state index in [0.717, 1.165) is 9.80 Å². The van der Waals surface area contributed by atoms with Gasteiger partial charge in [-0.3, -0.25) is 19.4 Å². The third-order valence-corrected chi connectivity index (χ3v) is 3.73. The summed E-state index contributed by atoms with van der Waals surface area (Å²) in [6.07, 6.45) is 1.27. The summed E-state index contributed by atoms with van der Waals surface area (Å²) in [6, 6.07) is 5.72. The molecular weight excluding hydrogens is 326 g/mol. The topological polar surface area (TPSA) is 96.0 Å². The van der Waals surface area contributed by atoms with E-state index in [0.29, 0.717) is 11.3 Å². The molecule has 1 heterocycles. The predicted octanol–water partition coefficient (Wildman–Crippen LogP) is 1.60. The Morgan fingerprint density at radius 2 is 1.56 bits per heavy atom. The van der Waals surface area contributed by atoms with Crippen LogP contribution in [0.5, 0.6) is 0 Å². The first-order valence-corrected chi connectivity index (χ1v) is 7.77. The summed E-state index contributed by atoms with van der Waals surface area (Å²) in [5, 5.41) is 2.84. The number of carbonyl (C=O) groups excluding carboxylic acids is 4. The highest BCUT2D eigenvalue weighted by Gasteiger charge is 2.40. The van der Waals surface area contributed by atoms with E-state index in [4.69, 9.17) is 0 Å². The summed E-state index contributed by atoms with van der Waals surface area (Å²) < 4.78 is 4.61. The maximum atomic E-state index is 12.3. The predicted molar refractivity (Wildman–Crippen MR) is 89.7 cm³/mol. The number of imide groups is 2. The zero-order chi connectivity index (χ0) is 18.6. The van der Waals surface area contributed by atoms with Crippen LogP contribution in [0.3, 0.4) is 0 Å². The number of rotatable bonds is 5. The molecule has 25 heavy (non-hydrogen) atoms. The molecule has 1 aliphatic heterocycles. The van der Waals surface area contributed by atoms with Gasteiger partial charge in [0.05, 0.1) is 12.7 Å². The Morgan fingerprint density at radius 3 is 2.00 bits per heavy atom. The molecule has 8 heteroatoms. The molecule has 0 unspecified atom stereocenters. The minimum Gasteiger partial charge on any atom is -0.465 e. The van der Waals surface area contributed by atoms with Crippen molar-refractivity contribution in [2.75, 3.05) is 25.5 Å². The third kappa shape index (κ3) is 3.52. The van der Waals surface area contributed by atoms with E-state index in [-0.39, 0.29) is 18.7 Å². The van der Waals surface area contributed by atoms with Crippen LogP contribution in [0.1, 0.15) is 24.2 Å². The number of ether oxygens (including phenoxy) is 1. The average Bonchev–Trinajstić information content (AvgIpc) is 2.62. The Morgan fingerprint density at radius 1 is 1.04 bits per heavy atom. The second-order valence-electron chi connectivity index (χ2n) is 5.15. The maximum absolute atomic E-state index is 12.3.